The first-order valence-electron chi connectivity index (χ1n) is 10.1. The van der Waals surface area contributed by atoms with Gasteiger partial charge in [0.05, 0.1) is 0 Å². The molecule has 4 nitrogen and oxygen atoms in total. The van der Waals surface area contributed by atoms with Crippen LogP contribution in [-0.4, -0.2) is 22.8 Å². The van der Waals surface area contributed by atoms with E-state index in [1.165, 1.54) is 0 Å². The van der Waals surface area contributed by atoms with Gasteiger partial charge >= 0.3 is 0 Å². The Morgan fingerprint density at radius 2 is 1.89 bits per heavy atom. The molecule has 2 heterocycles. The second kappa shape index (κ2) is 7.27. The lowest BCUT2D eigenvalue weighted by Crippen LogP contribution is -2.31. The molecule has 144 valence electrons. The van der Waals surface area contributed by atoms with E-state index in [9.17, 15) is 9.59 Å². The highest BCUT2D eigenvalue weighted by molar-refractivity contribution is 6.11. The molecule has 1 aliphatic heterocycles. The van der Waals surface area contributed by atoms with E-state index >= 15 is 0 Å². The first-order valence-corrected chi connectivity index (χ1v) is 10.1. The number of aromatic nitrogens is 1. The van der Waals surface area contributed by atoms with E-state index in [0.717, 1.165) is 59.2 Å². The molecular weight excluding hydrogens is 348 g/mol. The minimum atomic E-state index is 0.0547. The molecule has 0 atom stereocenters. The molecule has 4 rings (SSSR count). The molecule has 0 saturated carbocycles. The van der Waals surface area contributed by atoms with Crippen molar-refractivity contribution in [1.29, 1.82) is 0 Å². The van der Waals surface area contributed by atoms with Crippen LogP contribution in [0.3, 0.4) is 0 Å². The maximum absolute atomic E-state index is 13.6. The molecule has 0 bridgehead atoms. The summed E-state index contributed by atoms with van der Waals surface area (Å²) in [5.74, 6) is 0.113. The molecule has 0 aliphatic carbocycles. The van der Waals surface area contributed by atoms with Gasteiger partial charge in [0.2, 0.25) is 0 Å². The fourth-order valence-corrected chi connectivity index (χ4v) is 4.26. The predicted molar refractivity (Wildman–Crippen MR) is 113 cm³/mol. The summed E-state index contributed by atoms with van der Waals surface area (Å²) < 4.78 is 2.19. The topological polar surface area (TPSA) is 42.3 Å². The Morgan fingerprint density at radius 1 is 1.11 bits per heavy atom. The Balaban J connectivity index is 1.79. The van der Waals surface area contributed by atoms with Gasteiger partial charge in [-0.25, -0.2) is 0 Å². The van der Waals surface area contributed by atoms with Gasteiger partial charge in [0.1, 0.15) is 5.69 Å². The number of hydrogen-bond acceptors (Lipinski definition) is 2. The second-order valence-corrected chi connectivity index (χ2v) is 7.60. The molecule has 3 aromatic rings. The van der Waals surface area contributed by atoms with Crippen LogP contribution in [0.5, 0.6) is 0 Å². The lowest BCUT2D eigenvalue weighted by atomic mass is 10.1. The van der Waals surface area contributed by atoms with Crippen molar-refractivity contribution in [3.8, 4) is 0 Å². The molecule has 0 N–H and O–H groups in total. The number of benzene rings is 2. The Hall–Kier alpha value is -2.88. The first kappa shape index (κ1) is 18.5. The number of carbonyl (C=O) groups is 2. The van der Waals surface area contributed by atoms with Crippen LogP contribution >= 0.6 is 0 Å². The first-order chi connectivity index (χ1) is 13.5. The molecule has 0 radical (unpaired) electrons. The van der Waals surface area contributed by atoms with Gasteiger partial charge in [-0.1, -0.05) is 31.5 Å². The van der Waals surface area contributed by atoms with Crippen molar-refractivity contribution in [1.82, 2.24) is 4.57 Å². The Labute approximate surface area is 165 Å². The summed E-state index contributed by atoms with van der Waals surface area (Å²) in [5.41, 5.74) is 5.68. The number of para-hydroxylation sites is 1. The SMILES string of the molecule is CCCCn1c(C(=O)N2CCc3cc(C(C)=O)ccc32)c(C)c2ccccc21. The van der Waals surface area contributed by atoms with E-state index in [1.54, 1.807) is 6.92 Å². The van der Waals surface area contributed by atoms with Crippen LogP contribution in [-0.2, 0) is 13.0 Å². The normalized spacial score (nSPS) is 13.2. The van der Waals surface area contributed by atoms with E-state index in [1.807, 2.05) is 42.2 Å². The Kier molecular flexibility index (Phi) is 4.80. The summed E-state index contributed by atoms with van der Waals surface area (Å²) in [6.45, 7) is 7.30. The molecule has 0 unspecified atom stereocenters. The number of amides is 1. The highest BCUT2D eigenvalue weighted by Crippen LogP contribution is 2.33. The number of hydrogen-bond donors (Lipinski definition) is 0. The van der Waals surface area contributed by atoms with E-state index in [4.69, 9.17) is 0 Å². The minimum Gasteiger partial charge on any atom is -0.336 e. The number of aryl methyl sites for hydroxylation is 2. The van der Waals surface area contributed by atoms with E-state index in [2.05, 4.69) is 23.6 Å². The van der Waals surface area contributed by atoms with Gasteiger partial charge in [-0.05, 0) is 62.1 Å². The van der Waals surface area contributed by atoms with Crippen molar-refractivity contribution >= 4 is 28.3 Å². The number of rotatable bonds is 5. The third kappa shape index (κ3) is 2.93. The zero-order valence-corrected chi connectivity index (χ0v) is 16.8. The molecule has 0 spiro atoms. The Morgan fingerprint density at radius 3 is 2.64 bits per heavy atom. The van der Waals surface area contributed by atoms with Crippen molar-refractivity contribution < 1.29 is 9.59 Å². The summed E-state index contributed by atoms with van der Waals surface area (Å²) in [5, 5.41) is 1.15. The fourth-order valence-electron chi connectivity index (χ4n) is 4.26. The summed E-state index contributed by atoms with van der Waals surface area (Å²) in [6, 6.07) is 13.9. The van der Waals surface area contributed by atoms with E-state index in [0.29, 0.717) is 12.1 Å². The molecule has 1 amide bonds. The van der Waals surface area contributed by atoms with Crippen molar-refractivity contribution in [3.63, 3.8) is 0 Å². The lowest BCUT2D eigenvalue weighted by molar-refractivity contribution is 0.0978. The van der Waals surface area contributed by atoms with Crippen LogP contribution < -0.4 is 4.90 Å². The van der Waals surface area contributed by atoms with Crippen molar-refractivity contribution in [2.45, 2.75) is 46.6 Å². The highest BCUT2D eigenvalue weighted by Gasteiger charge is 2.30. The quantitative estimate of drug-likeness (QED) is 0.579. The van der Waals surface area contributed by atoms with Crippen LogP contribution in [0.25, 0.3) is 10.9 Å². The molecule has 28 heavy (non-hydrogen) atoms. The van der Waals surface area contributed by atoms with E-state index in [-0.39, 0.29) is 11.7 Å². The number of unbranched alkanes of at least 4 members (excludes halogenated alkanes) is 1. The van der Waals surface area contributed by atoms with Crippen LogP contribution in [0.4, 0.5) is 5.69 Å². The number of carbonyl (C=O) groups excluding carboxylic acids is 2. The van der Waals surface area contributed by atoms with Crippen LogP contribution in [0.2, 0.25) is 0 Å². The zero-order valence-electron chi connectivity index (χ0n) is 16.8. The van der Waals surface area contributed by atoms with Gasteiger partial charge in [-0.2, -0.15) is 0 Å². The molecule has 0 saturated heterocycles. The molecule has 1 aromatic heterocycles. The Bertz CT molecular complexity index is 1080. The average Bonchev–Trinajstić information content (AvgIpc) is 3.25. The predicted octanol–water partition coefficient (Wildman–Crippen LogP) is 5.16. The second-order valence-electron chi connectivity index (χ2n) is 7.60. The molecular formula is C24H26N2O2. The monoisotopic (exact) mass is 374 g/mol. The van der Waals surface area contributed by atoms with Crippen LogP contribution in [0.1, 0.15) is 58.7 Å². The molecule has 4 heteroatoms. The van der Waals surface area contributed by atoms with Gasteiger partial charge < -0.3 is 9.47 Å². The smallest absolute Gasteiger partial charge is 0.275 e. The molecule has 1 aliphatic rings. The standard InChI is InChI=1S/C24H26N2O2/c1-4-5-13-25-22-9-7-6-8-20(22)16(2)23(25)24(28)26-14-12-19-15-18(17(3)27)10-11-21(19)26/h6-11,15H,4-5,12-14H2,1-3H3. The fraction of sp³-hybridized carbons (Fsp3) is 0.333. The average molecular weight is 374 g/mol. The van der Waals surface area contributed by atoms with Crippen molar-refractivity contribution in [3.05, 3.63) is 64.8 Å². The van der Waals surface area contributed by atoms with Crippen LogP contribution in [0.15, 0.2) is 42.5 Å². The summed E-state index contributed by atoms with van der Waals surface area (Å²) in [6.07, 6.45) is 2.91. The third-order valence-electron chi connectivity index (χ3n) is 5.79. The maximum Gasteiger partial charge on any atom is 0.275 e. The number of fused-ring (bicyclic) bond motifs is 2. The summed E-state index contributed by atoms with van der Waals surface area (Å²) >= 11 is 0. The number of anilines is 1. The van der Waals surface area contributed by atoms with Crippen LogP contribution in [0, 0.1) is 6.92 Å². The largest absolute Gasteiger partial charge is 0.336 e. The summed E-state index contributed by atoms with van der Waals surface area (Å²) in [7, 11) is 0. The van der Waals surface area contributed by atoms with Gasteiger partial charge in [-0.15, -0.1) is 0 Å². The highest BCUT2D eigenvalue weighted by atomic mass is 16.2. The number of ketones is 1. The van der Waals surface area contributed by atoms with Gasteiger partial charge in [0, 0.05) is 35.2 Å². The van der Waals surface area contributed by atoms with Crippen molar-refractivity contribution in [2.24, 2.45) is 0 Å². The zero-order chi connectivity index (χ0) is 19.8. The third-order valence-corrected chi connectivity index (χ3v) is 5.79. The minimum absolute atomic E-state index is 0.0547. The van der Waals surface area contributed by atoms with E-state index < -0.39 is 0 Å². The van der Waals surface area contributed by atoms with Gasteiger partial charge in [-0.3, -0.25) is 9.59 Å². The number of Topliss-reactive ketones (excluding diaryl/α,β-unsaturated/α-hetero) is 1. The number of nitrogens with zero attached hydrogens (tertiary/aromatic N) is 2. The van der Waals surface area contributed by atoms with Gasteiger partial charge in [0.15, 0.2) is 5.78 Å². The van der Waals surface area contributed by atoms with Crippen molar-refractivity contribution in [2.75, 3.05) is 11.4 Å². The summed E-state index contributed by atoms with van der Waals surface area (Å²) in [4.78, 5) is 27.2. The van der Waals surface area contributed by atoms with Gasteiger partial charge in [0.25, 0.3) is 5.91 Å². The lowest BCUT2D eigenvalue weighted by Gasteiger charge is -2.20. The molecule has 2 aromatic carbocycles. The molecule has 0 fully saturated rings. The maximum atomic E-state index is 13.6.